The molecular weight excluding hydrogens is 482 g/mol. The molecule has 1 saturated heterocycles. The van der Waals surface area contributed by atoms with Crippen LogP contribution in [0.25, 0.3) is 0 Å². The van der Waals surface area contributed by atoms with Gasteiger partial charge in [0, 0.05) is 19.0 Å². The summed E-state index contributed by atoms with van der Waals surface area (Å²) in [6.07, 6.45) is 4.41. The van der Waals surface area contributed by atoms with Gasteiger partial charge in [0.1, 0.15) is 12.1 Å². The quantitative estimate of drug-likeness (QED) is 0.340. The number of likely N-dealkylation sites (tertiary alicyclic amines) is 1. The fourth-order valence-electron chi connectivity index (χ4n) is 4.30. The molecule has 9 nitrogen and oxygen atoms in total. The fourth-order valence-corrected chi connectivity index (χ4v) is 5.60. The van der Waals surface area contributed by atoms with E-state index in [4.69, 9.17) is 0 Å². The molecule has 0 spiro atoms. The number of piperidine rings is 1. The van der Waals surface area contributed by atoms with E-state index in [1.807, 2.05) is 27.7 Å². The molecule has 1 aromatic rings. The van der Waals surface area contributed by atoms with Crippen LogP contribution in [0.4, 0.5) is 0 Å². The lowest BCUT2D eigenvalue weighted by Gasteiger charge is -2.35. The number of nitrogens with zero attached hydrogens (tertiary/aromatic N) is 1. The van der Waals surface area contributed by atoms with Crippen LogP contribution in [0.5, 0.6) is 0 Å². The molecule has 1 unspecified atom stereocenters. The van der Waals surface area contributed by atoms with Gasteiger partial charge in [-0.1, -0.05) is 64.2 Å². The summed E-state index contributed by atoms with van der Waals surface area (Å²) in [5.41, 5.74) is 0.936. The zero-order chi connectivity index (χ0) is 26.9. The van der Waals surface area contributed by atoms with Crippen molar-refractivity contribution in [1.82, 2.24) is 14.9 Å². The molecule has 1 fully saturated rings. The predicted octanol–water partition coefficient (Wildman–Crippen LogP) is 3.08. The molecule has 2 amide bonds. The minimum Gasteiger partial charge on any atom is -0.480 e. The Balaban J connectivity index is 2.01. The standard InChI is InChI=1S/C26H41N3O6S/c1-5-7-8-9-22(26(32)33)27-24(30)20-14-16-29(17-15-20)25(31)23(19(4)6-2)28-36(34,35)21-12-10-18(3)11-13-21/h10-13,19-20,22-23,28H,5-9,14-17H2,1-4H3,(H,27,30)(H,32,33)/t19?,22-,23-/m0/s1. The summed E-state index contributed by atoms with van der Waals surface area (Å²) in [5.74, 6) is -2.25. The SMILES string of the molecule is CCCCC[C@H](NC(=O)C1CCN(C(=O)[C@@H](NS(=O)(=O)c2ccc(C)cc2)C(C)CC)CC1)C(=O)O. The maximum atomic E-state index is 13.4. The molecule has 2 rings (SSSR count). The first-order chi connectivity index (χ1) is 17.0. The first kappa shape index (κ1) is 29.8. The van der Waals surface area contributed by atoms with Crippen molar-refractivity contribution in [2.75, 3.05) is 13.1 Å². The van der Waals surface area contributed by atoms with Crippen molar-refractivity contribution in [3.05, 3.63) is 29.8 Å². The minimum atomic E-state index is -3.89. The number of sulfonamides is 1. The van der Waals surface area contributed by atoms with E-state index in [1.165, 1.54) is 12.1 Å². The monoisotopic (exact) mass is 523 g/mol. The van der Waals surface area contributed by atoms with E-state index in [2.05, 4.69) is 10.0 Å². The van der Waals surface area contributed by atoms with Crippen molar-refractivity contribution < 1.29 is 27.9 Å². The van der Waals surface area contributed by atoms with Crippen LogP contribution in [-0.2, 0) is 24.4 Å². The van der Waals surface area contributed by atoms with E-state index < -0.39 is 28.1 Å². The van der Waals surface area contributed by atoms with E-state index in [0.717, 1.165) is 24.8 Å². The summed E-state index contributed by atoms with van der Waals surface area (Å²) in [6, 6.07) is 4.64. The number of amides is 2. The van der Waals surface area contributed by atoms with Gasteiger partial charge in [0.25, 0.3) is 0 Å². The third-order valence-electron chi connectivity index (χ3n) is 6.98. The Bertz CT molecular complexity index is 987. The van der Waals surface area contributed by atoms with Gasteiger partial charge >= 0.3 is 5.97 Å². The van der Waals surface area contributed by atoms with Gasteiger partial charge in [0.15, 0.2) is 0 Å². The Kier molecular flexibility index (Phi) is 11.4. The van der Waals surface area contributed by atoms with Crippen molar-refractivity contribution in [3.8, 4) is 0 Å². The van der Waals surface area contributed by atoms with Crippen molar-refractivity contribution >= 4 is 27.8 Å². The number of hydrogen-bond acceptors (Lipinski definition) is 5. The zero-order valence-electron chi connectivity index (χ0n) is 21.8. The molecular formula is C26H41N3O6S. The van der Waals surface area contributed by atoms with E-state index in [9.17, 15) is 27.9 Å². The second kappa shape index (κ2) is 13.7. The van der Waals surface area contributed by atoms with Crippen LogP contribution in [0.3, 0.4) is 0 Å². The molecule has 202 valence electrons. The first-order valence-electron chi connectivity index (χ1n) is 12.9. The molecule has 0 saturated carbocycles. The molecule has 1 aliphatic heterocycles. The van der Waals surface area contributed by atoms with Crippen molar-refractivity contribution in [2.24, 2.45) is 11.8 Å². The second-order valence-corrected chi connectivity index (χ2v) is 11.5. The summed E-state index contributed by atoms with van der Waals surface area (Å²) in [5, 5.41) is 12.1. The van der Waals surface area contributed by atoms with Gasteiger partial charge in [-0.15, -0.1) is 0 Å². The highest BCUT2D eigenvalue weighted by Crippen LogP contribution is 2.22. The number of carboxylic acids is 1. The van der Waals surface area contributed by atoms with Crippen LogP contribution < -0.4 is 10.0 Å². The van der Waals surface area contributed by atoms with E-state index in [1.54, 1.807) is 17.0 Å². The van der Waals surface area contributed by atoms with Crippen LogP contribution in [-0.4, -0.2) is 61.4 Å². The number of unbranched alkanes of at least 4 members (excludes halogenated alkanes) is 2. The number of rotatable bonds is 13. The van der Waals surface area contributed by atoms with Gasteiger partial charge in [-0.3, -0.25) is 9.59 Å². The maximum Gasteiger partial charge on any atom is 0.326 e. The molecule has 10 heteroatoms. The topological polar surface area (TPSA) is 133 Å². The predicted molar refractivity (Wildman–Crippen MR) is 138 cm³/mol. The lowest BCUT2D eigenvalue weighted by atomic mass is 9.93. The fraction of sp³-hybridized carbons (Fsp3) is 0.654. The Morgan fingerprint density at radius 2 is 1.69 bits per heavy atom. The second-order valence-electron chi connectivity index (χ2n) is 9.79. The third kappa shape index (κ3) is 8.30. The minimum absolute atomic E-state index is 0.108. The number of benzene rings is 1. The third-order valence-corrected chi connectivity index (χ3v) is 8.44. The van der Waals surface area contributed by atoms with Crippen LogP contribution >= 0.6 is 0 Å². The van der Waals surface area contributed by atoms with Crippen LogP contribution in [0.2, 0.25) is 0 Å². The Morgan fingerprint density at radius 1 is 1.08 bits per heavy atom. The summed E-state index contributed by atoms with van der Waals surface area (Å²) < 4.78 is 28.6. The number of carbonyl (C=O) groups is 3. The van der Waals surface area contributed by atoms with Gasteiger partial charge in [0.2, 0.25) is 21.8 Å². The summed E-state index contributed by atoms with van der Waals surface area (Å²) in [4.78, 5) is 39.3. The highest BCUT2D eigenvalue weighted by Gasteiger charge is 2.36. The Hall–Kier alpha value is -2.46. The Labute approximate surface area is 215 Å². The summed E-state index contributed by atoms with van der Waals surface area (Å²) in [7, 11) is -3.89. The highest BCUT2D eigenvalue weighted by atomic mass is 32.2. The molecule has 3 atom stereocenters. The largest absolute Gasteiger partial charge is 0.480 e. The molecule has 0 aromatic heterocycles. The first-order valence-corrected chi connectivity index (χ1v) is 14.4. The average Bonchev–Trinajstić information content (AvgIpc) is 2.86. The average molecular weight is 524 g/mol. The van der Waals surface area contributed by atoms with Gasteiger partial charge < -0.3 is 15.3 Å². The molecule has 1 aromatic carbocycles. The van der Waals surface area contributed by atoms with Gasteiger partial charge in [-0.2, -0.15) is 4.72 Å². The number of aryl methyl sites for hydroxylation is 1. The lowest BCUT2D eigenvalue weighted by molar-refractivity contribution is -0.143. The summed E-state index contributed by atoms with van der Waals surface area (Å²) >= 11 is 0. The van der Waals surface area contributed by atoms with Crippen LogP contribution in [0.1, 0.15) is 71.3 Å². The zero-order valence-corrected chi connectivity index (χ0v) is 22.6. The number of carbonyl (C=O) groups excluding carboxylic acids is 2. The molecule has 1 heterocycles. The number of aliphatic carboxylic acids is 1. The lowest BCUT2D eigenvalue weighted by Crippen LogP contribution is -2.54. The molecule has 0 aliphatic carbocycles. The van der Waals surface area contributed by atoms with Crippen LogP contribution in [0.15, 0.2) is 29.2 Å². The maximum absolute atomic E-state index is 13.4. The normalized spacial score (nSPS) is 17.3. The number of carboxylic acid groups (broad SMARTS) is 1. The van der Waals surface area contributed by atoms with Gasteiger partial charge in [0.05, 0.1) is 4.90 Å². The number of hydrogen-bond donors (Lipinski definition) is 3. The van der Waals surface area contributed by atoms with E-state index in [0.29, 0.717) is 38.8 Å². The molecule has 3 N–H and O–H groups in total. The summed E-state index contributed by atoms with van der Waals surface area (Å²) in [6.45, 7) is 8.26. The Morgan fingerprint density at radius 3 is 2.22 bits per heavy atom. The highest BCUT2D eigenvalue weighted by molar-refractivity contribution is 7.89. The van der Waals surface area contributed by atoms with Gasteiger partial charge in [-0.05, 0) is 44.2 Å². The van der Waals surface area contributed by atoms with Gasteiger partial charge in [-0.25, -0.2) is 13.2 Å². The van der Waals surface area contributed by atoms with Crippen molar-refractivity contribution in [1.29, 1.82) is 0 Å². The smallest absolute Gasteiger partial charge is 0.326 e. The van der Waals surface area contributed by atoms with Crippen molar-refractivity contribution in [3.63, 3.8) is 0 Å². The molecule has 0 bridgehead atoms. The molecule has 0 radical (unpaired) electrons. The van der Waals surface area contributed by atoms with E-state index >= 15 is 0 Å². The van der Waals surface area contributed by atoms with Crippen LogP contribution in [0, 0.1) is 18.8 Å². The molecule has 36 heavy (non-hydrogen) atoms. The number of nitrogens with one attached hydrogen (secondary N) is 2. The van der Waals surface area contributed by atoms with Crippen molar-refractivity contribution in [2.45, 2.75) is 89.6 Å². The van der Waals surface area contributed by atoms with E-state index in [-0.39, 0.29) is 28.5 Å². The molecule has 1 aliphatic rings.